The van der Waals surface area contributed by atoms with Gasteiger partial charge in [0.25, 0.3) is 0 Å². The first-order valence-electron chi connectivity index (χ1n) is 4.90. The number of anilines is 2. The van der Waals surface area contributed by atoms with Crippen LogP contribution in [-0.2, 0) is 0 Å². The number of nitrogens with zero attached hydrogens (tertiary/aromatic N) is 2. The minimum atomic E-state index is -0.500. The van der Waals surface area contributed by atoms with Gasteiger partial charge in [-0.3, -0.25) is 10.1 Å². The summed E-state index contributed by atoms with van der Waals surface area (Å²) in [7, 11) is 0. The summed E-state index contributed by atoms with van der Waals surface area (Å²) < 4.78 is 1.02. The van der Waals surface area contributed by atoms with Crippen molar-refractivity contribution in [2.75, 3.05) is 5.32 Å². The zero-order valence-corrected chi connectivity index (χ0v) is 11.8. The molecule has 1 heterocycles. The molecule has 92 valence electrons. The first-order valence-corrected chi connectivity index (χ1v) is 6.35. The Kier molecular flexibility index (Phi) is 3.97. The van der Waals surface area contributed by atoms with Crippen LogP contribution in [0.1, 0.15) is 0 Å². The highest BCUT2D eigenvalue weighted by molar-refractivity contribution is 14.1. The van der Waals surface area contributed by atoms with E-state index in [-0.39, 0.29) is 16.7 Å². The van der Waals surface area contributed by atoms with Crippen molar-refractivity contribution in [1.29, 1.82) is 0 Å². The van der Waals surface area contributed by atoms with Crippen LogP contribution in [0.5, 0.6) is 0 Å². The molecule has 0 amide bonds. The summed E-state index contributed by atoms with van der Waals surface area (Å²) >= 11 is 7.90. The fraction of sp³-hybridized carbons (Fsp3) is 0. The maximum atomic E-state index is 10.9. The van der Waals surface area contributed by atoms with Gasteiger partial charge in [0, 0.05) is 15.3 Å². The largest absolute Gasteiger partial charge is 0.334 e. The molecular formula is C11H7ClIN3O2. The summed E-state index contributed by atoms with van der Waals surface area (Å²) in [5.74, 6) is 0.134. The Morgan fingerprint density at radius 2 is 2.11 bits per heavy atom. The molecule has 0 atom stereocenters. The number of nitrogens with one attached hydrogen (secondary N) is 1. The van der Waals surface area contributed by atoms with Gasteiger partial charge in [-0.15, -0.1) is 0 Å². The van der Waals surface area contributed by atoms with Crippen LogP contribution in [-0.4, -0.2) is 9.91 Å². The van der Waals surface area contributed by atoms with Gasteiger partial charge >= 0.3 is 5.69 Å². The molecule has 18 heavy (non-hydrogen) atoms. The van der Waals surface area contributed by atoms with E-state index in [0.29, 0.717) is 0 Å². The minimum Gasteiger partial charge on any atom is -0.334 e. The molecule has 5 nitrogen and oxygen atoms in total. The van der Waals surface area contributed by atoms with E-state index >= 15 is 0 Å². The fourth-order valence-electron chi connectivity index (χ4n) is 1.37. The van der Waals surface area contributed by atoms with Gasteiger partial charge in [-0.1, -0.05) is 17.7 Å². The highest BCUT2D eigenvalue weighted by Gasteiger charge is 2.15. The van der Waals surface area contributed by atoms with Gasteiger partial charge in [-0.25, -0.2) is 4.98 Å². The van der Waals surface area contributed by atoms with E-state index in [1.54, 1.807) is 6.07 Å². The average molecular weight is 376 g/mol. The number of nitro groups is 1. The first kappa shape index (κ1) is 13.0. The second kappa shape index (κ2) is 5.49. The lowest BCUT2D eigenvalue weighted by Gasteiger charge is -2.06. The van der Waals surface area contributed by atoms with E-state index < -0.39 is 4.92 Å². The maximum Gasteiger partial charge on any atom is 0.311 e. The zero-order valence-electron chi connectivity index (χ0n) is 8.93. The molecule has 2 aromatic rings. The molecule has 0 unspecified atom stereocenters. The SMILES string of the molecule is O=[N+]([O-])c1ccc(Cl)nc1Nc1cccc(I)c1. The Labute approximate surface area is 121 Å². The molecule has 0 aliphatic rings. The lowest BCUT2D eigenvalue weighted by molar-refractivity contribution is -0.384. The van der Waals surface area contributed by atoms with Gasteiger partial charge in [-0.05, 0) is 46.9 Å². The van der Waals surface area contributed by atoms with Crippen LogP contribution in [0.2, 0.25) is 5.15 Å². The van der Waals surface area contributed by atoms with Gasteiger partial charge in [0.2, 0.25) is 5.82 Å². The van der Waals surface area contributed by atoms with E-state index in [1.165, 1.54) is 12.1 Å². The van der Waals surface area contributed by atoms with Crippen molar-refractivity contribution in [2.45, 2.75) is 0 Å². The Morgan fingerprint density at radius 3 is 2.78 bits per heavy atom. The predicted octanol–water partition coefficient (Wildman–Crippen LogP) is 3.99. The monoisotopic (exact) mass is 375 g/mol. The number of benzene rings is 1. The molecule has 0 aliphatic carbocycles. The van der Waals surface area contributed by atoms with E-state index in [0.717, 1.165) is 9.26 Å². The number of hydrogen-bond donors (Lipinski definition) is 1. The number of halogens is 2. The maximum absolute atomic E-state index is 10.9. The summed E-state index contributed by atoms with van der Waals surface area (Å²) in [6.45, 7) is 0. The van der Waals surface area contributed by atoms with Crippen LogP contribution < -0.4 is 5.32 Å². The third kappa shape index (κ3) is 3.08. The van der Waals surface area contributed by atoms with Crippen LogP contribution >= 0.6 is 34.2 Å². The topological polar surface area (TPSA) is 68.1 Å². The van der Waals surface area contributed by atoms with Crippen molar-refractivity contribution in [2.24, 2.45) is 0 Å². The molecule has 0 saturated heterocycles. The van der Waals surface area contributed by atoms with Crippen molar-refractivity contribution in [3.8, 4) is 0 Å². The number of pyridine rings is 1. The fourth-order valence-corrected chi connectivity index (χ4v) is 2.06. The van der Waals surface area contributed by atoms with Gasteiger partial charge in [0.1, 0.15) is 5.15 Å². The van der Waals surface area contributed by atoms with E-state index in [4.69, 9.17) is 11.6 Å². The molecule has 1 aromatic carbocycles. The molecule has 1 aromatic heterocycles. The molecule has 1 N–H and O–H groups in total. The summed E-state index contributed by atoms with van der Waals surface area (Å²) in [5, 5.41) is 14.0. The number of hydrogen-bond acceptors (Lipinski definition) is 4. The normalized spacial score (nSPS) is 10.1. The summed E-state index contributed by atoms with van der Waals surface area (Å²) in [6.07, 6.45) is 0. The lowest BCUT2D eigenvalue weighted by Crippen LogP contribution is -1.99. The van der Waals surface area contributed by atoms with Gasteiger partial charge < -0.3 is 5.32 Å². The molecule has 0 bridgehead atoms. The summed E-state index contributed by atoms with van der Waals surface area (Å²) in [6, 6.07) is 10.1. The molecular weight excluding hydrogens is 368 g/mol. The standard InChI is InChI=1S/C11H7ClIN3O2/c12-10-5-4-9(16(17)18)11(15-10)14-8-3-1-2-7(13)6-8/h1-6H,(H,14,15). The van der Waals surface area contributed by atoms with Crippen molar-refractivity contribution in [1.82, 2.24) is 4.98 Å². The Balaban J connectivity index is 2.39. The first-order chi connectivity index (χ1) is 8.56. The Hall–Kier alpha value is -1.41. The molecule has 7 heteroatoms. The van der Waals surface area contributed by atoms with E-state index in [2.05, 4.69) is 32.9 Å². The number of aromatic nitrogens is 1. The van der Waals surface area contributed by atoms with Gasteiger partial charge in [0.15, 0.2) is 0 Å². The quantitative estimate of drug-likeness (QED) is 0.381. The third-order valence-electron chi connectivity index (χ3n) is 2.12. The second-order valence-electron chi connectivity index (χ2n) is 3.39. The molecule has 0 fully saturated rings. The van der Waals surface area contributed by atoms with Gasteiger partial charge in [0.05, 0.1) is 4.92 Å². The van der Waals surface area contributed by atoms with Crippen LogP contribution in [0, 0.1) is 13.7 Å². The third-order valence-corrected chi connectivity index (χ3v) is 3.01. The predicted molar refractivity (Wildman–Crippen MR) is 78.3 cm³/mol. The summed E-state index contributed by atoms with van der Waals surface area (Å²) in [5.41, 5.74) is 0.609. The lowest BCUT2D eigenvalue weighted by atomic mass is 10.3. The van der Waals surface area contributed by atoms with Crippen LogP contribution in [0.3, 0.4) is 0 Å². The minimum absolute atomic E-state index is 0.113. The van der Waals surface area contributed by atoms with Crippen molar-refractivity contribution < 1.29 is 4.92 Å². The smallest absolute Gasteiger partial charge is 0.311 e. The Morgan fingerprint density at radius 1 is 1.33 bits per heavy atom. The summed E-state index contributed by atoms with van der Waals surface area (Å²) in [4.78, 5) is 14.3. The zero-order chi connectivity index (χ0) is 13.1. The highest BCUT2D eigenvalue weighted by Crippen LogP contribution is 2.27. The molecule has 0 saturated carbocycles. The van der Waals surface area contributed by atoms with Crippen molar-refractivity contribution >= 4 is 51.4 Å². The van der Waals surface area contributed by atoms with E-state index in [1.807, 2.05) is 18.2 Å². The molecule has 0 spiro atoms. The van der Waals surface area contributed by atoms with Gasteiger partial charge in [-0.2, -0.15) is 0 Å². The molecule has 0 radical (unpaired) electrons. The van der Waals surface area contributed by atoms with E-state index in [9.17, 15) is 10.1 Å². The molecule has 2 rings (SSSR count). The average Bonchev–Trinajstić information content (AvgIpc) is 2.28. The van der Waals surface area contributed by atoms with Crippen molar-refractivity contribution in [3.63, 3.8) is 0 Å². The van der Waals surface area contributed by atoms with Crippen LogP contribution in [0.25, 0.3) is 0 Å². The van der Waals surface area contributed by atoms with Crippen molar-refractivity contribution in [3.05, 3.63) is 55.2 Å². The second-order valence-corrected chi connectivity index (χ2v) is 5.03. The number of rotatable bonds is 3. The Bertz CT molecular complexity index is 607. The van der Waals surface area contributed by atoms with Crippen LogP contribution in [0.4, 0.5) is 17.2 Å². The molecule has 0 aliphatic heterocycles. The van der Waals surface area contributed by atoms with Crippen LogP contribution in [0.15, 0.2) is 36.4 Å². The highest BCUT2D eigenvalue weighted by atomic mass is 127.